The van der Waals surface area contributed by atoms with Crippen LogP contribution >= 0.6 is 0 Å². The summed E-state index contributed by atoms with van der Waals surface area (Å²) in [7, 11) is 4.12. The largest absolute Gasteiger partial charge is 0.325 e. The van der Waals surface area contributed by atoms with E-state index in [0.717, 1.165) is 24.1 Å². The molecule has 1 amide bonds. The minimum atomic E-state index is -0.495. The maximum Gasteiger partial charge on any atom is 0.220 e. The molecular formula is C27H32N2O. The maximum atomic E-state index is 13.3. The fraction of sp³-hybridized carbons (Fsp3) is 0.296. The summed E-state index contributed by atoms with van der Waals surface area (Å²) in [5, 5.41) is 0. The average Bonchev–Trinajstić information content (AvgIpc) is 2.74. The van der Waals surface area contributed by atoms with Gasteiger partial charge < -0.3 is 9.80 Å². The highest BCUT2D eigenvalue weighted by atomic mass is 16.2. The van der Waals surface area contributed by atoms with Crippen molar-refractivity contribution in [1.29, 1.82) is 0 Å². The molecule has 0 saturated heterocycles. The van der Waals surface area contributed by atoms with Crippen molar-refractivity contribution in [3.8, 4) is 0 Å². The van der Waals surface area contributed by atoms with Crippen LogP contribution in [0.15, 0.2) is 91.0 Å². The van der Waals surface area contributed by atoms with Crippen molar-refractivity contribution in [2.75, 3.05) is 20.6 Å². The van der Waals surface area contributed by atoms with E-state index in [0.29, 0.717) is 0 Å². The smallest absolute Gasteiger partial charge is 0.220 e. The van der Waals surface area contributed by atoms with Gasteiger partial charge in [0.1, 0.15) is 0 Å². The zero-order valence-corrected chi connectivity index (χ0v) is 18.5. The molecule has 30 heavy (non-hydrogen) atoms. The fourth-order valence-electron chi connectivity index (χ4n) is 4.38. The highest BCUT2D eigenvalue weighted by Crippen LogP contribution is 2.39. The molecule has 2 atom stereocenters. The molecule has 3 heteroatoms. The Balaban J connectivity index is 2.16. The third kappa shape index (κ3) is 4.98. The van der Waals surface area contributed by atoms with Crippen LogP contribution in [-0.4, -0.2) is 36.3 Å². The minimum Gasteiger partial charge on any atom is -0.325 e. The van der Waals surface area contributed by atoms with Crippen LogP contribution in [0.3, 0.4) is 0 Å². The number of hydrogen-bond donors (Lipinski definition) is 0. The lowest BCUT2D eigenvalue weighted by Crippen LogP contribution is -2.52. The Hall–Kier alpha value is -2.91. The zero-order chi connectivity index (χ0) is 21.6. The van der Waals surface area contributed by atoms with E-state index >= 15 is 0 Å². The first-order valence-corrected chi connectivity index (χ1v) is 10.5. The van der Waals surface area contributed by atoms with Crippen LogP contribution in [0.25, 0.3) is 0 Å². The van der Waals surface area contributed by atoms with Crippen LogP contribution in [0.5, 0.6) is 0 Å². The van der Waals surface area contributed by atoms with Crippen molar-refractivity contribution in [2.45, 2.75) is 31.8 Å². The van der Waals surface area contributed by atoms with Crippen molar-refractivity contribution < 1.29 is 4.79 Å². The second kappa shape index (κ2) is 9.73. The number of carbonyl (C=O) groups excluding carboxylic acids is 1. The molecule has 0 radical (unpaired) electrons. The predicted octanol–water partition coefficient (Wildman–Crippen LogP) is 5.30. The lowest BCUT2D eigenvalue weighted by Gasteiger charge is -2.47. The summed E-state index contributed by atoms with van der Waals surface area (Å²) in [6, 6.07) is 31.2. The molecule has 3 nitrogen and oxygen atoms in total. The molecule has 0 heterocycles. The van der Waals surface area contributed by atoms with Gasteiger partial charge in [-0.05, 0) is 44.1 Å². The Bertz CT molecular complexity index is 925. The molecule has 0 aromatic heterocycles. The number of benzene rings is 3. The van der Waals surface area contributed by atoms with E-state index in [4.69, 9.17) is 0 Å². The van der Waals surface area contributed by atoms with Crippen molar-refractivity contribution in [3.05, 3.63) is 108 Å². The first-order valence-electron chi connectivity index (χ1n) is 10.5. The number of rotatable bonds is 8. The maximum absolute atomic E-state index is 13.3. The molecule has 0 aliphatic rings. The van der Waals surface area contributed by atoms with Gasteiger partial charge in [0.15, 0.2) is 0 Å². The highest BCUT2D eigenvalue weighted by molar-refractivity contribution is 5.75. The van der Waals surface area contributed by atoms with Crippen LogP contribution in [-0.2, 0) is 16.8 Å². The van der Waals surface area contributed by atoms with E-state index in [2.05, 4.69) is 91.5 Å². The molecule has 0 N–H and O–H groups in total. The van der Waals surface area contributed by atoms with Crippen molar-refractivity contribution in [1.82, 2.24) is 9.80 Å². The van der Waals surface area contributed by atoms with Crippen LogP contribution in [0.4, 0.5) is 0 Å². The van der Waals surface area contributed by atoms with E-state index in [1.807, 2.05) is 30.3 Å². The first kappa shape index (κ1) is 21.8. The van der Waals surface area contributed by atoms with Crippen molar-refractivity contribution >= 4 is 5.91 Å². The van der Waals surface area contributed by atoms with Crippen molar-refractivity contribution in [2.24, 2.45) is 0 Å². The van der Waals surface area contributed by atoms with Crippen LogP contribution in [0.1, 0.15) is 36.6 Å². The van der Waals surface area contributed by atoms with Gasteiger partial charge in [0.2, 0.25) is 5.91 Å². The number of nitrogens with zero attached hydrogens (tertiary/aromatic N) is 2. The molecule has 0 fully saturated rings. The van der Waals surface area contributed by atoms with Gasteiger partial charge in [-0.3, -0.25) is 4.79 Å². The zero-order valence-electron chi connectivity index (χ0n) is 18.5. The first-order chi connectivity index (χ1) is 14.4. The molecular weight excluding hydrogens is 368 g/mol. The van der Waals surface area contributed by atoms with E-state index in [9.17, 15) is 4.79 Å². The molecule has 2 unspecified atom stereocenters. The van der Waals surface area contributed by atoms with Gasteiger partial charge in [-0.2, -0.15) is 0 Å². The molecule has 156 valence electrons. The van der Waals surface area contributed by atoms with Crippen LogP contribution < -0.4 is 0 Å². The molecule has 0 spiro atoms. The summed E-state index contributed by atoms with van der Waals surface area (Å²) in [6.07, 6.45) is 0.744. The molecule has 0 aliphatic heterocycles. The van der Waals surface area contributed by atoms with Gasteiger partial charge in [-0.15, -0.1) is 0 Å². The average molecular weight is 401 g/mol. The highest BCUT2D eigenvalue weighted by Gasteiger charge is 2.40. The lowest BCUT2D eigenvalue weighted by atomic mass is 9.81. The van der Waals surface area contributed by atoms with Gasteiger partial charge in [0, 0.05) is 13.5 Å². The van der Waals surface area contributed by atoms with Gasteiger partial charge in [-0.1, -0.05) is 91.0 Å². The number of amides is 1. The molecule has 3 aromatic carbocycles. The Morgan fingerprint density at radius 3 is 1.83 bits per heavy atom. The topological polar surface area (TPSA) is 23.6 Å². The Morgan fingerprint density at radius 1 is 0.833 bits per heavy atom. The number of likely N-dealkylation sites (N-methyl/N-ethyl adjacent to an activating group) is 1. The van der Waals surface area contributed by atoms with Crippen LogP contribution in [0, 0.1) is 0 Å². The monoisotopic (exact) mass is 400 g/mol. The molecule has 0 aliphatic carbocycles. The predicted molar refractivity (Wildman–Crippen MR) is 124 cm³/mol. The SMILES string of the molecule is CC(=O)N(C(CN(C)C)c1ccccc1)C(C)(Cc1ccccc1)c1ccccc1. The van der Waals surface area contributed by atoms with E-state index in [1.165, 1.54) is 5.56 Å². The summed E-state index contributed by atoms with van der Waals surface area (Å²) >= 11 is 0. The molecule has 0 bridgehead atoms. The van der Waals surface area contributed by atoms with E-state index in [1.54, 1.807) is 6.92 Å². The number of carbonyl (C=O) groups is 1. The summed E-state index contributed by atoms with van der Waals surface area (Å²) in [4.78, 5) is 17.5. The Kier molecular flexibility index (Phi) is 7.07. The van der Waals surface area contributed by atoms with Crippen LogP contribution in [0.2, 0.25) is 0 Å². The summed E-state index contributed by atoms with van der Waals surface area (Å²) in [5.74, 6) is 0.0768. The van der Waals surface area contributed by atoms with E-state index in [-0.39, 0.29) is 11.9 Å². The molecule has 3 rings (SSSR count). The van der Waals surface area contributed by atoms with Gasteiger partial charge in [0.25, 0.3) is 0 Å². The second-order valence-corrected chi connectivity index (χ2v) is 8.38. The normalized spacial score (nSPS) is 14.2. The molecule has 3 aromatic rings. The van der Waals surface area contributed by atoms with Gasteiger partial charge in [-0.25, -0.2) is 0 Å². The van der Waals surface area contributed by atoms with Gasteiger partial charge in [0.05, 0.1) is 11.6 Å². The van der Waals surface area contributed by atoms with E-state index < -0.39 is 5.54 Å². The Labute approximate surface area is 181 Å². The molecule has 0 saturated carbocycles. The number of hydrogen-bond acceptors (Lipinski definition) is 2. The Morgan fingerprint density at radius 2 is 1.33 bits per heavy atom. The second-order valence-electron chi connectivity index (χ2n) is 8.38. The standard InChI is InChI=1S/C27H32N2O/c1-22(30)29(26(21-28(3)4)24-16-10-6-11-17-24)27(2,25-18-12-7-13-19-25)20-23-14-8-5-9-15-23/h5-19,26H,20-21H2,1-4H3. The van der Waals surface area contributed by atoms with Crippen molar-refractivity contribution in [3.63, 3.8) is 0 Å². The fourth-order valence-corrected chi connectivity index (χ4v) is 4.38. The lowest BCUT2D eigenvalue weighted by molar-refractivity contribution is -0.139. The third-order valence-electron chi connectivity index (χ3n) is 5.69. The summed E-state index contributed by atoms with van der Waals surface area (Å²) in [6.45, 7) is 4.64. The summed E-state index contributed by atoms with van der Waals surface area (Å²) in [5.41, 5.74) is 3.01. The minimum absolute atomic E-state index is 0.0624. The third-order valence-corrected chi connectivity index (χ3v) is 5.69. The summed E-state index contributed by atoms with van der Waals surface area (Å²) < 4.78 is 0. The quantitative estimate of drug-likeness (QED) is 0.512. The van der Waals surface area contributed by atoms with Gasteiger partial charge >= 0.3 is 0 Å².